The van der Waals surface area contributed by atoms with Crippen LogP contribution >= 0.6 is 0 Å². The van der Waals surface area contributed by atoms with E-state index in [1.165, 1.54) is 0 Å². The molecule has 0 bridgehead atoms. The Bertz CT molecular complexity index is 394. The minimum absolute atomic E-state index is 0.302. The van der Waals surface area contributed by atoms with Crippen LogP contribution in [0.4, 0.5) is 0 Å². The molecule has 1 unspecified atom stereocenters. The number of hydrogen-bond acceptors (Lipinski definition) is 3. The molecule has 1 aliphatic rings. The summed E-state index contributed by atoms with van der Waals surface area (Å²) in [6.07, 6.45) is 4.48. The lowest BCUT2D eigenvalue weighted by Gasteiger charge is -2.17. The zero-order valence-corrected chi connectivity index (χ0v) is 9.68. The zero-order chi connectivity index (χ0) is 11.4. The number of rotatable bonds is 4. The van der Waals surface area contributed by atoms with Crippen molar-refractivity contribution < 1.29 is 4.74 Å². The molecular formula is C13H16N2O. The van der Waals surface area contributed by atoms with Crippen molar-refractivity contribution in [2.24, 2.45) is 9.98 Å². The summed E-state index contributed by atoms with van der Waals surface area (Å²) in [7, 11) is 0. The van der Waals surface area contributed by atoms with Gasteiger partial charge in [0, 0.05) is 6.21 Å². The average Bonchev–Trinajstić information content (AvgIpc) is 2.75. The molecule has 3 heteroatoms. The predicted octanol–water partition coefficient (Wildman–Crippen LogP) is 2.80. The number of aliphatic imine (C=N–C) groups is 2. The molecule has 0 aliphatic carbocycles. The molecule has 0 amide bonds. The van der Waals surface area contributed by atoms with Crippen LogP contribution in [-0.2, 0) is 5.54 Å². The van der Waals surface area contributed by atoms with Crippen LogP contribution in [0.5, 0.6) is 5.75 Å². The lowest BCUT2D eigenvalue weighted by molar-refractivity contribution is 0.317. The fraction of sp³-hybridized carbons (Fsp3) is 0.385. The van der Waals surface area contributed by atoms with Crippen LogP contribution in [-0.4, -0.2) is 19.2 Å². The Hall–Kier alpha value is -1.64. The Morgan fingerprint density at radius 3 is 2.56 bits per heavy atom. The Balaban J connectivity index is 2.13. The molecule has 0 saturated carbocycles. The first kappa shape index (κ1) is 10.9. The summed E-state index contributed by atoms with van der Waals surface area (Å²) in [5.74, 6) is 0.910. The number of nitrogens with zero attached hydrogens (tertiary/aromatic N) is 2. The second-order valence-electron chi connectivity index (χ2n) is 4.04. The Kier molecular flexibility index (Phi) is 3.04. The van der Waals surface area contributed by atoms with Crippen molar-refractivity contribution in [1.82, 2.24) is 0 Å². The number of hydrogen-bond donors (Lipinski definition) is 0. The molecule has 84 valence electrons. The van der Waals surface area contributed by atoms with E-state index in [2.05, 4.69) is 16.9 Å². The normalized spacial score (nSPS) is 22.6. The summed E-state index contributed by atoms with van der Waals surface area (Å²) in [5.41, 5.74) is 0.831. The molecule has 2 rings (SSSR count). The van der Waals surface area contributed by atoms with Gasteiger partial charge in [-0.3, -0.25) is 4.99 Å². The molecule has 1 heterocycles. The molecule has 1 atom stereocenters. The Labute approximate surface area is 95.9 Å². The highest BCUT2D eigenvalue weighted by atomic mass is 16.5. The molecule has 1 aromatic rings. The van der Waals surface area contributed by atoms with E-state index < -0.39 is 0 Å². The van der Waals surface area contributed by atoms with E-state index >= 15 is 0 Å². The van der Waals surface area contributed by atoms with Gasteiger partial charge in [-0.2, -0.15) is 0 Å². The first-order valence-corrected chi connectivity index (χ1v) is 5.56. The zero-order valence-electron chi connectivity index (χ0n) is 9.68. The molecule has 0 fully saturated rings. The maximum atomic E-state index is 5.53. The van der Waals surface area contributed by atoms with E-state index in [0.717, 1.165) is 24.3 Å². The largest absolute Gasteiger partial charge is 0.494 e. The molecule has 0 aromatic heterocycles. The molecule has 0 spiro atoms. The van der Waals surface area contributed by atoms with Gasteiger partial charge in [0.2, 0.25) is 0 Å². The van der Waals surface area contributed by atoms with Gasteiger partial charge in [-0.1, -0.05) is 19.1 Å². The molecule has 1 aromatic carbocycles. The van der Waals surface area contributed by atoms with E-state index in [9.17, 15) is 0 Å². The molecule has 0 saturated heterocycles. The molecular weight excluding hydrogens is 200 g/mol. The lowest BCUT2D eigenvalue weighted by Crippen LogP contribution is -2.17. The minimum Gasteiger partial charge on any atom is -0.494 e. The topological polar surface area (TPSA) is 34.0 Å². The van der Waals surface area contributed by atoms with Gasteiger partial charge in [-0.15, -0.1) is 0 Å². The quantitative estimate of drug-likeness (QED) is 0.762. The van der Waals surface area contributed by atoms with Crippen molar-refractivity contribution in [1.29, 1.82) is 0 Å². The van der Waals surface area contributed by atoms with Crippen molar-refractivity contribution in [3.63, 3.8) is 0 Å². The van der Waals surface area contributed by atoms with Gasteiger partial charge < -0.3 is 4.74 Å². The summed E-state index contributed by atoms with van der Waals surface area (Å²) in [5, 5.41) is 0. The van der Waals surface area contributed by atoms with Crippen LogP contribution in [0.15, 0.2) is 34.3 Å². The van der Waals surface area contributed by atoms with E-state index in [-0.39, 0.29) is 5.54 Å². The third kappa shape index (κ3) is 2.13. The van der Waals surface area contributed by atoms with Crippen molar-refractivity contribution >= 4 is 12.6 Å². The van der Waals surface area contributed by atoms with Crippen LogP contribution in [0.3, 0.4) is 0 Å². The van der Waals surface area contributed by atoms with Gasteiger partial charge in [0.1, 0.15) is 17.6 Å². The van der Waals surface area contributed by atoms with Gasteiger partial charge in [-0.25, -0.2) is 4.99 Å². The van der Waals surface area contributed by atoms with Crippen molar-refractivity contribution in [2.75, 3.05) is 6.61 Å². The molecule has 0 radical (unpaired) electrons. The van der Waals surface area contributed by atoms with Gasteiger partial charge >= 0.3 is 0 Å². The second-order valence-corrected chi connectivity index (χ2v) is 4.04. The maximum Gasteiger partial charge on any atom is 0.120 e. The SMILES string of the molecule is CCCOc1ccc(C2(C)C=NC=N2)cc1. The average molecular weight is 216 g/mol. The van der Waals surface area contributed by atoms with Gasteiger partial charge in [0.05, 0.1) is 6.61 Å². The van der Waals surface area contributed by atoms with Crippen LogP contribution in [0.2, 0.25) is 0 Å². The van der Waals surface area contributed by atoms with Gasteiger partial charge in [-0.05, 0) is 31.0 Å². The van der Waals surface area contributed by atoms with Gasteiger partial charge in [0.25, 0.3) is 0 Å². The highest BCUT2D eigenvalue weighted by molar-refractivity contribution is 5.86. The van der Waals surface area contributed by atoms with Crippen molar-refractivity contribution in [2.45, 2.75) is 25.8 Å². The van der Waals surface area contributed by atoms with Crippen LogP contribution in [0.1, 0.15) is 25.8 Å². The van der Waals surface area contributed by atoms with Crippen molar-refractivity contribution in [3.8, 4) is 5.75 Å². The molecule has 16 heavy (non-hydrogen) atoms. The smallest absolute Gasteiger partial charge is 0.120 e. The van der Waals surface area contributed by atoms with Crippen LogP contribution < -0.4 is 4.74 Å². The minimum atomic E-state index is -0.302. The molecule has 1 aliphatic heterocycles. The van der Waals surface area contributed by atoms with E-state index in [0.29, 0.717) is 0 Å². The van der Waals surface area contributed by atoms with E-state index in [1.54, 1.807) is 6.34 Å². The molecule has 3 nitrogen and oxygen atoms in total. The molecule has 0 N–H and O–H groups in total. The third-order valence-electron chi connectivity index (χ3n) is 2.63. The Morgan fingerprint density at radius 2 is 2.00 bits per heavy atom. The highest BCUT2D eigenvalue weighted by Crippen LogP contribution is 2.27. The van der Waals surface area contributed by atoms with Crippen molar-refractivity contribution in [3.05, 3.63) is 29.8 Å². The summed E-state index contributed by atoms with van der Waals surface area (Å²) in [6.45, 7) is 4.90. The lowest BCUT2D eigenvalue weighted by atomic mass is 9.95. The van der Waals surface area contributed by atoms with E-state index in [4.69, 9.17) is 4.74 Å². The van der Waals surface area contributed by atoms with Crippen LogP contribution in [0, 0.1) is 0 Å². The summed E-state index contributed by atoms with van der Waals surface area (Å²) >= 11 is 0. The van der Waals surface area contributed by atoms with Gasteiger partial charge in [0.15, 0.2) is 0 Å². The Morgan fingerprint density at radius 1 is 1.25 bits per heavy atom. The number of ether oxygens (including phenoxy) is 1. The standard InChI is InChI=1S/C13H16N2O/c1-3-8-16-12-6-4-11(5-7-12)13(2)9-14-10-15-13/h4-7,9-10H,3,8H2,1-2H3. The predicted molar refractivity (Wildman–Crippen MR) is 66.6 cm³/mol. The van der Waals surface area contributed by atoms with E-state index in [1.807, 2.05) is 37.4 Å². The third-order valence-corrected chi connectivity index (χ3v) is 2.63. The maximum absolute atomic E-state index is 5.53. The summed E-state index contributed by atoms with van der Waals surface area (Å²) < 4.78 is 5.53. The summed E-state index contributed by atoms with van der Waals surface area (Å²) in [6, 6.07) is 8.05. The monoisotopic (exact) mass is 216 g/mol. The van der Waals surface area contributed by atoms with Crippen LogP contribution in [0.25, 0.3) is 0 Å². The first-order valence-electron chi connectivity index (χ1n) is 5.56. The first-order chi connectivity index (χ1) is 7.74. The second kappa shape index (κ2) is 4.47. The fourth-order valence-corrected chi connectivity index (χ4v) is 1.62. The fourth-order valence-electron chi connectivity index (χ4n) is 1.62. The summed E-state index contributed by atoms with van der Waals surface area (Å²) in [4.78, 5) is 8.38. The highest BCUT2D eigenvalue weighted by Gasteiger charge is 2.24. The number of benzene rings is 1.